The van der Waals surface area contributed by atoms with Crippen LogP contribution in [-0.4, -0.2) is 43.3 Å². The summed E-state index contributed by atoms with van der Waals surface area (Å²) >= 11 is 0. The Morgan fingerprint density at radius 3 is 1.30 bits per heavy atom. The highest BCUT2D eigenvalue weighted by molar-refractivity contribution is 7.48. The molecule has 1 aliphatic heterocycles. The summed E-state index contributed by atoms with van der Waals surface area (Å²) in [7, 11) is -5.00. The first-order valence-corrected chi connectivity index (χ1v) is 16.4. The van der Waals surface area contributed by atoms with Gasteiger partial charge in [-0.3, -0.25) is 0 Å². The van der Waals surface area contributed by atoms with E-state index in [1.807, 2.05) is 121 Å². The third-order valence-corrected chi connectivity index (χ3v) is 8.19. The van der Waals surface area contributed by atoms with Gasteiger partial charge in [0.2, 0.25) is 0 Å². The summed E-state index contributed by atoms with van der Waals surface area (Å²) in [5, 5.41) is 0. The minimum atomic E-state index is -5.00. The van der Waals surface area contributed by atoms with Crippen molar-refractivity contribution in [1.29, 1.82) is 0 Å². The monoisotopic (exact) mass is 616 g/mol. The molecule has 0 radical (unpaired) electrons. The molecule has 0 N–H and O–H groups in total. The average Bonchev–Trinajstić information content (AvgIpc) is 3.04. The molecule has 0 unspecified atom stereocenters. The maximum absolute atomic E-state index is 12.1. The van der Waals surface area contributed by atoms with Crippen LogP contribution in [0.2, 0.25) is 0 Å². The molecule has 1 aliphatic rings. The van der Waals surface area contributed by atoms with E-state index in [0.29, 0.717) is 6.61 Å². The first-order chi connectivity index (χ1) is 21.4. The van der Waals surface area contributed by atoms with Gasteiger partial charge < -0.3 is 38.0 Å². The molecule has 4 aromatic rings. The molecule has 0 spiro atoms. The molecule has 0 aliphatic carbocycles. The van der Waals surface area contributed by atoms with Crippen molar-refractivity contribution in [1.82, 2.24) is 0 Å². The van der Waals surface area contributed by atoms with E-state index in [1.54, 1.807) is 0 Å². The Bertz CT molecular complexity index is 1420. The van der Waals surface area contributed by atoms with Crippen molar-refractivity contribution in [3.05, 3.63) is 144 Å². The summed E-state index contributed by atoms with van der Waals surface area (Å²) in [6.45, 7) is 1.05. The SMILES string of the molecule is O=P([O-])([O-])C[C@H]1O[C@H](COCc2ccccc2)[C@@H](OCc2ccccc2)[C@H](OCc2ccccc2)[C@@H]1OCc1ccccc1. The maximum atomic E-state index is 12.1. The van der Waals surface area contributed by atoms with Crippen molar-refractivity contribution in [3.63, 3.8) is 0 Å². The third kappa shape index (κ3) is 9.92. The Balaban J connectivity index is 1.44. The molecule has 232 valence electrons. The van der Waals surface area contributed by atoms with Crippen molar-refractivity contribution < 1.29 is 38.0 Å². The number of hydrogen-bond donors (Lipinski definition) is 0. The highest BCUT2D eigenvalue weighted by Gasteiger charge is 2.48. The molecular weight excluding hydrogens is 579 g/mol. The number of rotatable bonds is 15. The van der Waals surface area contributed by atoms with E-state index in [9.17, 15) is 14.4 Å². The second-order valence-corrected chi connectivity index (χ2v) is 12.4. The van der Waals surface area contributed by atoms with Crippen molar-refractivity contribution >= 4 is 7.60 Å². The zero-order valence-electron chi connectivity index (χ0n) is 24.4. The normalized spacial score (nSPS) is 22.1. The minimum absolute atomic E-state index is 0.0868. The van der Waals surface area contributed by atoms with E-state index in [4.69, 9.17) is 23.7 Å². The molecule has 0 amide bonds. The van der Waals surface area contributed by atoms with Crippen LogP contribution in [0.15, 0.2) is 121 Å². The summed E-state index contributed by atoms with van der Waals surface area (Å²) in [5.74, 6) is 0. The standard InChI is InChI=1S/C35H39O8P/c36-44(37,38)26-32-34(41-23-29-17-9-3-10-18-29)35(42-24-30-19-11-4-12-20-30)33(40-22-28-15-7-2-8-16-28)31(43-32)25-39-21-27-13-5-1-6-14-27/h1-20,31-35H,21-26H2,(H2,36,37,38)/p-2/t31-,32-,33-,34-,35+/m1/s1. The van der Waals surface area contributed by atoms with Crippen molar-refractivity contribution in [2.75, 3.05) is 12.8 Å². The fourth-order valence-corrected chi connectivity index (χ4v) is 5.99. The molecule has 4 aromatic carbocycles. The summed E-state index contributed by atoms with van der Waals surface area (Å²) in [5.41, 5.74) is 3.74. The molecule has 9 heteroatoms. The van der Waals surface area contributed by atoms with Crippen LogP contribution in [0.5, 0.6) is 0 Å². The van der Waals surface area contributed by atoms with Gasteiger partial charge in [0.15, 0.2) is 0 Å². The molecule has 0 saturated carbocycles. The lowest BCUT2D eigenvalue weighted by molar-refractivity contribution is -0.319. The largest absolute Gasteiger partial charge is 0.811 e. The Morgan fingerprint density at radius 2 is 0.886 bits per heavy atom. The van der Waals surface area contributed by atoms with Gasteiger partial charge in [-0.2, -0.15) is 0 Å². The van der Waals surface area contributed by atoms with Crippen molar-refractivity contribution in [3.8, 4) is 0 Å². The van der Waals surface area contributed by atoms with Crippen molar-refractivity contribution in [2.24, 2.45) is 0 Å². The smallest absolute Gasteiger partial charge is 0.115 e. The predicted molar refractivity (Wildman–Crippen MR) is 162 cm³/mol. The van der Waals surface area contributed by atoms with Gasteiger partial charge in [-0.25, -0.2) is 0 Å². The second kappa shape index (κ2) is 16.2. The quantitative estimate of drug-likeness (QED) is 0.178. The molecule has 8 nitrogen and oxygen atoms in total. The van der Waals surface area contributed by atoms with Crippen molar-refractivity contribution in [2.45, 2.75) is 56.9 Å². The van der Waals surface area contributed by atoms with Gasteiger partial charge in [0, 0.05) is 6.16 Å². The van der Waals surface area contributed by atoms with Gasteiger partial charge in [0.05, 0.1) is 39.1 Å². The molecule has 0 bridgehead atoms. The highest BCUT2D eigenvalue weighted by atomic mass is 31.2. The molecule has 5 atom stereocenters. The van der Waals surface area contributed by atoms with Gasteiger partial charge in [-0.05, 0) is 22.3 Å². The molecule has 1 saturated heterocycles. The minimum Gasteiger partial charge on any atom is -0.811 e. The fraction of sp³-hybridized carbons (Fsp3) is 0.314. The van der Waals surface area contributed by atoms with Gasteiger partial charge in [0.1, 0.15) is 24.4 Å². The number of benzene rings is 4. The first-order valence-electron chi connectivity index (χ1n) is 14.7. The summed E-state index contributed by atoms with van der Waals surface area (Å²) in [4.78, 5) is 24.3. The van der Waals surface area contributed by atoms with E-state index in [-0.39, 0.29) is 26.4 Å². The lowest BCUT2D eigenvalue weighted by Crippen LogP contribution is -2.62. The molecule has 44 heavy (non-hydrogen) atoms. The van der Waals surface area contributed by atoms with E-state index in [0.717, 1.165) is 22.3 Å². The maximum Gasteiger partial charge on any atom is 0.115 e. The van der Waals surface area contributed by atoms with Crippen LogP contribution < -0.4 is 9.79 Å². The van der Waals surface area contributed by atoms with Gasteiger partial charge in [0.25, 0.3) is 0 Å². The van der Waals surface area contributed by atoms with E-state index < -0.39 is 44.3 Å². The molecule has 5 rings (SSSR count). The van der Waals surface area contributed by atoms with E-state index in [1.165, 1.54) is 0 Å². The summed E-state index contributed by atoms with van der Waals surface area (Å²) in [6.07, 6.45) is -4.99. The van der Waals surface area contributed by atoms with Crippen LogP contribution in [0, 0.1) is 0 Å². The molecular formula is C35H37O8P-2. The van der Waals surface area contributed by atoms with Gasteiger partial charge in [-0.1, -0.05) is 129 Å². The van der Waals surface area contributed by atoms with E-state index in [2.05, 4.69) is 0 Å². The van der Waals surface area contributed by atoms with Crippen LogP contribution >= 0.6 is 7.60 Å². The zero-order chi connectivity index (χ0) is 30.6. The number of ether oxygens (including phenoxy) is 5. The molecule has 1 heterocycles. The third-order valence-electron chi connectivity index (χ3n) is 7.38. The number of hydrogen-bond acceptors (Lipinski definition) is 8. The Kier molecular flexibility index (Phi) is 11.9. The summed E-state index contributed by atoms with van der Waals surface area (Å²) < 4.78 is 44.0. The average molecular weight is 617 g/mol. The first kappa shape index (κ1) is 32.2. The zero-order valence-corrected chi connectivity index (χ0v) is 25.3. The predicted octanol–water partition coefficient (Wildman–Crippen LogP) is 4.64. The fourth-order valence-electron chi connectivity index (χ4n) is 5.25. The lowest BCUT2D eigenvalue weighted by Gasteiger charge is -2.48. The second-order valence-electron chi connectivity index (χ2n) is 10.8. The van der Waals surface area contributed by atoms with Crippen LogP contribution in [-0.2, 0) is 54.7 Å². The van der Waals surface area contributed by atoms with Gasteiger partial charge >= 0.3 is 0 Å². The summed E-state index contributed by atoms with van der Waals surface area (Å²) in [6, 6.07) is 38.6. The molecule has 0 aromatic heterocycles. The van der Waals surface area contributed by atoms with E-state index >= 15 is 0 Å². The topological polar surface area (TPSA) is 109 Å². The highest BCUT2D eigenvalue weighted by Crippen LogP contribution is 2.36. The van der Waals surface area contributed by atoms with Crippen LogP contribution in [0.25, 0.3) is 0 Å². The van der Waals surface area contributed by atoms with Crippen LogP contribution in [0.3, 0.4) is 0 Å². The lowest BCUT2D eigenvalue weighted by atomic mass is 9.94. The molecule has 1 fully saturated rings. The Labute approximate surface area is 258 Å². The van der Waals surface area contributed by atoms with Crippen LogP contribution in [0.1, 0.15) is 22.3 Å². The Hall–Kier alpha value is -3.17. The van der Waals surface area contributed by atoms with Crippen LogP contribution in [0.4, 0.5) is 0 Å². The van der Waals surface area contributed by atoms with Gasteiger partial charge in [-0.15, -0.1) is 0 Å². The Morgan fingerprint density at radius 1 is 0.523 bits per heavy atom.